The van der Waals surface area contributed by atoms with Crippen LogP contribution in [0.5, 0.6) is 5.75 Å². The molecule has 0 spiro atoms. The molecule has 178 valence electrons. The van der Waals surface area contributed by atoms with Gasteiger partial charge in [0.05, 0.1) is 0 Å². The molecular weight excluding hydrogens is 412 g/mol. The van der Waals surface area contributed by atoms with Gasteiger partial charge in [0.1, 0.15) is 11.9 Å². The van der Waals surface area contributed by atoms with Gasteiger partial charge in [-0.15, -0.1) is 0 Å². The number of rotatable bonds is 8. The number of nitrogens with zero attached hydrogens (tertiary/aromatic N) is 3. The maximum atomic E-state index is 12.7. The largest absolute Gasteiger partial charge is 0.489 e. The molecule has 2 aromatic rings. The van der Waals surface area contributed by atoms with Crippen LogP contribution in [-0.2, 0) is 6.54 Å². The van der Waals surface area contributed by atoms with Crippen molar-refractivity contribution in [3.63, 3.8) is 0 Å². The topological polar surface area (TPSA) is 48.1 Å². The van der Waals surface area contributed by atoms with Crippen molar-refractivity contribution in [1.82, 2.24) is 15.1 Å². The molecule has 6 heteroatoms. The Hall–Kier alpha value is -2.57. The number of unbranched alkanes of at least 4 members (excludes halogenated alkanes) is 1. The van der Waals surface area contributed by atoms with Crippen LogP contribution in [0.15, 0.2) is 48.5 Å². The van der Waals surface area contributed by atoms with E-state index in [9.17, 15) is 4.79 Å². The predicted molar refractivity (Wildman–Crippen MR) is 134 cm³/mol. The number of fused-ring (bicyclic) bond motifs is 1. The predicted octanol–water partition coefficient (Wildman–Crippen LogP) is 3.62. The van der Waals surface area contributed by atoms with Gasteiger partial charge < -0.3 is 19.9 Å². The second kappa shape index (κ2) is 11.5. The SMILES string of the molecule is CCCCC1CN(CCNC(=O)c2ccc(N3CCN(C)CC3)cc2)Cc2ccccc2O1. The van der Waals surface area contributed by atoms with Crippen molar-refractivity contribution in [2.75, 3.05) is 57.8 Å². The fourth-order valence-corrected chi connectivity index (χ4v) is 4.63. The Balaban J connectivity index is 1.29. The number of piperazine rings is 1. The van der Waals surface area contributed by atoms with Crippen LogP contribution >= 0.6 is 0 Å². The number of para-hydroxylation sites is 1. The normalized spacial score (nSPS) is 19.5. The first kappa shape index (κ1) is 23.6. The molecule has 0 aliphatic carbocycles. The van der Waals surface area contributed by atoms with Crippen molar-refractivity contribution >= 4 is 11.6 Å². The first-order chi connectivity index (χ1) is 16.1. The Morgan fingerprint density at radius 2 is 1.82 bits per heavy atom. The van der Waals surface area contributed by atoms with Crippen LogP contribution < -0.4 is 15.0 Å². The van der Waals surface area contributed by atoms with Gasteiger partial charge in [0.25, 0.3) is 5.91 Å². The highest BCUT2D eigenvalue weighted by Crippen LogP contribution is 2.26. The minimum Gasteiger partial charge on any atom is -0.489 e. The van der Waals surface area contributed by atoms with Gasteiger partial charge in [-0.2, -0.15) is 0 Å². The number of likely N-dealkylation sites (N-methyl/N-ethyl adjacent to an activating group) is 1. The van der Waals surface area contributed by atoms with Crippen molar-refractivity contribution in [1.29, 1.82) is 0 Å². The van der Waals surface area contributed by atoms with E-state index in [1.807, 2.05) is 18.2 Å². The first-order valence-electron chi connectivity index (χ1n) is 12.4. The van der Waals surface area contributed by atoms with E-state index in [4.69, 9.17) is 4.74 Å². The summed E-state index contributed by atoms with van der Waals surface area (Å²) in [6.45, 7) is 9.62. The number of carbonyl (C=O) groups excluding carboxylic acids is 1. The highest BCUT2D eigenvalue weighted by molar-refractivity contribution is 5.94. The number of hydrogen-bond donors (Lipinski definition) is 1. The van der Waals surface area contributed by atoms with E-state index in [0.717, 1.165) is 63.5 Å². The lowest BCUT2D eigenvalue weighted by Gasteiger charge is -2.34. The van der Waals surface area contributed by atoms with Gasteiger partial charge in [0.2, 0.25) is 0 Å². The smallest absolute Gasteiger partial charge is 0.251 e. The summed E-state index contributed by atoms with van der Waals surface area (Å²) in [7, 11) is 2.16. The van der Waals surface area contributed by atoms with Crippen LogP contribution in [0.3, 0.4) is 0 Å². The van der Waals surface area contributed by atoms with Crippen LogP contribution in [0, 0.1) is 0 Å². The molecule has 0 saturated carbocycles. The van der Waals surface area contributed by atoms with E-state index in [1.54, 1.807) is 0 Å². The average Bonchev–Trinajstić information content (AvgIpc) is 3.02. The summed E-state index contributed by atoms with van der Waals surface area (Å²) in [5.41, 5.74) is 3.14. The minimum absolute atomic E-state index is 0.00562. The molecule has 1 atom stereocenters. The van der Waals surface area contributed by atoms with Crippen LogP contribution in [-0.4, -0.2) is 74.7 Å². The van der Waals surface area contributed by atoms with Crippen LogP contribution in [0.1, 0.15) is 42.1 Å². The summed E-state index contributed by atoms with van der Waals surface area (Å²) >= 11 is 0. The summed E-state index contributed by atoms with van der Waals surface area (Å²) in [5.74, 6) is 1.000. The standard InChI is InChI=1S/C27H38N4O2/c1-3-4-8-25-21-30(20-23-7-5-6-9-26(23)33-25)15-14-28-27(32)22-10-12-24(13-11-22)31-18-16-29(2)17-19-31/h5-7,9-13,25H,3-4,8,14-21H2,1-2H3,(H,28,32). The maximum absolute atomic E-state index is 12.7. The molecule has 1 amide bonds. The lowest BCUT2D eigenvalue weighted by Crippen LogP contribution is -2.44. The van der Waals surface area contributed by atoms with Crippen LogP contribution in [0.25, 0.3) is 0 Å². The molecule has 1 N–H and O–H groups in total. The van der Waals surface area contributed by atoms with E-state index in [0.29, 0.717) is 6.54 Å². The molecule has 2 heterocycles. The molecule has 2 aliphatic rings. The summed E-state index contributed by atoms with van der Waals surface area (Å²) in [4.78, 5) is 19.9. The summed E-state index contributed by atoms with van der Waals surface area (Å²) in [6, 6.07) is 16.4. The van der Waals surface area contributed by atoms with E-state index >= 15 is 0 Å². The van der Waals surface area contributed by atoms with Gasteiger partial charge in [0, 0.05) is 69.2 Å². The van der Waals surface area contributed by atoms with Gasteiger partial charge in [-0.05, 0) is 50.2 Å². The molecule has 0 aromatic heterocycles. The van der Waals surface area contributed by atoms with Crippen molar-refractivity contribution in [3.8, 4) is 5.75 Å². The summed E-state index contributed by atoms with van der Waals surface area (Å²) < 4.78 is 6.32. The molecule has 1 fully saturated rings. The molecular formula is C27H38N4O2. The summed E-state index contributed by atoms with van der Waals surface area (Å²) in [5, 5.41) is 3.11. The Morgan fingerprint density at radius 1 is 1.06 bits per heavy atom. The third-order valence-electron chi connectivity index (χ3n) is 6.71. The third-order valence-corrected chi connectivity index (χ3v) is 6.71. The zero-order chi connectivity index (χ0) is 23.0. The van der Waals surface area contributed by atoms with Crippen molar-refractivity contribution in [2.24, 2.45) is 0 Å². The second-order valence-electron chi connectivity index (χ2n) is 9.32. The maximum Gasteiger partial charge on any atom is 0.251 e. The number of nitrogens with one attached hydrogen (secondary N) is 1. The molecule has 2 aromatic carbocycles. The van der Waals surface area contributed by atoms with Gasteiger partial charge in [0.15, 0.2) is 0 Å². The lowest BCUT2D eigenvalue weighted by molar-refractivity contribution is 0.0942. The number of ether oxygens (including phenoxy) is 1. The molecule has 33 heavy (non-hydrogen) atoms. The second-order valence-corrected chi connectivity index (χ2v) is 9.32. The quantitative estimate of drug-likeness (QED) is 0.666. The lowest BCUT2D eigenvalue weighted by atomic mass is 10.1. The highest BCUT2D eigenvalue weighted by atomic mass is 16.5. The molecule has 1 saturated heterocycles. The van der Waals surface area contributed by atoms with Crippen LogP contribution in [0.4, 0.5) is 5.69 Å². The summed E-state index contributed by atoms with van der Waals surface area (Å²) in [6.07, 6.45) is 3.60. The number of benzene rings is 2. The third kappa shape index (κ3) is 6.49. The Morgan fingerprint density at radius 3 is 2.58 bits per heavy atom. The fourth-order valence-electron chi connectivity index (χ4n) is 4.63. The highest BCUT2D eigenvalue weighted by Gasteiger charge is 2.22. The number of carbonyl (C=O) groups is 1. The Labute approximate surface area is 198 Å². The van der Waals surface area contributed by atoms with E-state index < -0.39 is 0 Å². The van der Waals surface area contributed by atoms with E-state index in [2.05, 4.69) is 64.3 Å². The van der Waals surface area contributed by atoms with E-state index in [-0.39, 0.29) is 12.0 Å². The zero-order valence-electron chi connectivity index (χ0n) is 20.1. The van der Waals surface area contributed by atoms with Gasteiger partial charge in [-0.25, -0.2) is 0 Å². The van der Waals surface area contributed by atoms with Gasteiger partial charge in [-0.3, -0.25) is 9.69 Å². The minimum atomic E-state index is -0.00562. The molecule has 0 bridgehead atoms. The fraction of sp³-hybridized carbons (Fsp3) is 0.519. The van der Waals surface area contributed by atoms with Crippen molar-refractivity contribution < 1.29 is 9.53 Å². The average molecular weight is 451 g/mol. The van der Waals surface area contributed by atoms with Crippen LogP contribution in [0.2, 0.25) is 0 Å². The Kier molecular flexibility index (Phi) is 8.24. The van der Waals surface area contributed by atoms with E-state index in [1.165, 1.54) is 24.1 Å². The molecule has 2 aliphatic heterocycles. The first-order valence-corrected chi connectivity index (χ1v) is 12.4. The monoisotopic (exact) mass is 450 g/mol. The molecule has 6 nitrogen and oxygen atoms in total. The number of amides is 1. The van der Waals surface area contributed by atoms with Crippen molar-refractivity contribution in [2.45, 2.75) is 38.8 Å². The zero-order valence-corrected chi connectivity index (χ0v) is 20.1. The molecule has 1 unspecified atom stereocenters. The Bertz CT molecular complexity index is 893. The number of anilines is 1. The molecule has 4 rings (SSSR count). The van der Waals surface area contributed by atoms with Gasteiger partial charge >= 0.3 is 0 Å². The number of hydrogen-bond acceptors (Lipinski definition) is 5. The molecule has 0 radical (unpaired) electrons. The van der Waals surface area contributed by atoms with Gasteiger partial charge in [-0.1, -0.05) is 31.5 Å². The van der Waals surface area contributed by atoms with Crippen molar-refractivity contribution in [3.05, 3.63) is 59.7 Å².